The average Bonchev–Trinajstić information content (AvgIpc) is 2.93. The summed E-state index contributed by atoms with van der Waals surface area (Å²) in [6, 6.07) is 8.36. The first-order valence-corrected chi connectivity index (χ1v) is 8.80. The van der Waals surface area contributed by atoms with Gasteiger partial charge < -0.3 is 15.2 Å². The van der Waals surface area contributed by atoms with Gasteiger partial charge in [0.1, 0.15) is 6.04 Å². The van der Waals surface area contributed by atoms with E-state index in [2.05, 4.69) is 16.8 Å². The third-order valence-corrected chi connectivity index (χ3v) is 4.99. The number of likely N-dealkylation sites (tertiary alicyclic amines) is 1. The fraction of sp³-hybridized carbons (Fsp3) is 0.500. The Kier molecular flexibility index (Phi) is 6.94. The number of hydrogen-bond acceptors (Lipinski definition) is 4. The number of methoxy groups -OCH3 is 1. The quantitative estimate of drug-likeness (QED) is 0.690. The molecule has 6 nitrogen and oxygen atoms in total. The predicted octanol–water partition coefficient (Wildman–Crippen LogP) is 1.71. The van der Waals surface area contributed by atoms with Crippen molar-refractivity contribution in [3.8, 4) is 0 Å². The Morgan fingerprint density at radius 3 is 2.54 bits per heavy atom. The molecule has 1 fully saturated rings. The highest BCUT2D eigenvalue weighted by Crippen LogP contribution is 2.27. The Bertz CT molecular complexity index is 646. The Hall–Kier alpha value is -2.18. The molecule has 1 heterocycles. The molecule has 0 spiro atoms. The largest absolute Gasteiger partial charge is 0.480 e. The fourth-order valence-corrected chi connectivity index (χ4v) is 3.55. The van der Waals surface area contributed by atoms with Crippen LogP contribution in [-0.2, 0) is 20.7 Å². The number of ether oxygens (including phenoxy) is 1. The lowest BCUT2D eigenvalue weighted by Gasteiger charge is -2.32. The smallest absolute Gasteiger partial charge is 0.326 e. The Balaban J connectivity index is 2.05. The molecule has 4 atom stereocenters. The highest BCUT2D eigenvalue weighted by atomic mass is 16.5. The van der Waals surface area contributed by atoms with Crippen molar-refractivity contribution in [2.75, 3.05) is 20.7 Å². The molecule has 142 valence electrons. The van der Waals surface area contributed by atoms with Crippen LogP contribution in [0, 0.1) is 5.92 Å². The molecule has 1 aliphatic rings. The predicted molar refractivity (Wildman–Crippen MR) is 99.8 cm³/mol. The Morgan fingerprint density at radius 2 is 2.04 bits per heavy atom. The maximum Gasteiger partial charge on any atom is 0.326 e. The van der Waals surface area contributed by atoms with Crippen LogP contribution in [0.25, 0.3) is 0 Å². The topological polar surface area (TPSA) is 78.9 Å². The van der Waals surface area contributed by atoms with Crippen molar-refractivity contribution in [3.05, 3.63) is 48.0 Å². The summed E-state index contributed by atoms with van der Waals surface area (Å²) in [5, 5.41) is 12.2. The lowest BCUT2D eigenvalue weighted by atomic mass is 9.94. The van der Waals surface area contributed by atoms with Gasteiger partial charge in [-0.15, -0.1) is 0 Å². The SMILES string of the molecule is C=C1CC(C(OC)C(C)C(=O)NC(Cc2ccccc2)C(=O)O)N(C)C1. The second kappa shape index (κ2) is 8.96. The maximum absolute atomic E-state index is 12.7. The van der Waals surface area contributed by atoms with Gasteiger partial charge in [0.25, 0.3) is 0 Å². The van der Waals surface area contributed by atoms with Crippen LogP contribution in [-0.4, -0.2) is 60.8 Å². The van der Waals surface area contributed by atoms with Crippen LogP contribution in [0.4, 0.5) is 0 Å². The van der Waals surface area contributed by atoms with E-state index in [1.54, 1.807) is 14.0 Å². The van der Waals surface area contributed by atoms with Crippen LogP contribution in [0.2, 0.25) is 0 Å². The summed E-state index contributed by atoms with van der Waals surface area (Å²) >= 11 is 0. The molecule has 1 amide bonds. The highest BCUT2D eigenvalue weighted by Gasteiger charge is 2.38. The zero-order valence-corrected chi connectivity index (χ0v) is 15.6. The molecule has 0 aromatic heterocycles. The molecule has 26 heavy (non-hydrogen) atoms. The molecule has 0 aliphatic carbocycles. The summed E-state index contributed by atoms with van der Waals surface area (Å²) in [6.45, 7) is 6.58. The average molecular weight is 360 g/mol. The van der Waals surface area contributed by atoms with Crippen molar-refractivity contribution in [1.82, 2.24) is 10.2 Å². The molecule has 4 unspecified atom stereocenters. The molecule has 1 aliphatic heterocycles. The van der Waals surface area contributed by atoms with Gasteiger partial charge in [0.2, 0.25) is 5.91 Å². The second-order valence-electron chi connectivity index (χ2n) is 7.01. The van der Waals surface area contributed by atoms with Crippen LogP contribution >= 0.6 is 0 Å². The molecule has 0 bridgehead atoms. The number of nitrogens with zero attached hydrogens (tertiary/aromatic N) is 1. The summed E-state index contributed by atoms with van der Waals surface area (Å²) < 4.78 is 5.61. The van der Waals surface area contributed by atoms with Gasteiger partial charge in [-0.3, -0.25) is 9.69 Å². The van der Waals surface area contributed by atoms with Crippen molar-refractivity contribution < 1.29 is 19.4 Å². The minimum absolute atomic E-state index is 0.0608. The number of carbonyl (C=O) groups excluding carboxylic acids is 1. The van der Waals surface area contributed by atoms with Crippen LogP contribution in [0.5, 0.6) is 0 Å². The lowest BCUT2D eigenvalue weighted by molar-refractivity contribution is -0.143. The van der Waals surface area contributed by atoms with Gasteiger partial charge in [0.05, 0.1) is 12.0 Å². The van der Waals surface area contributed by atoms with Crippen LogP contribution < -0.4 is 5.32 Å². The molecule has 1 saturated heterocycles. The minimum Gasteiger partial charge on any atom is -0.480 e. The Morgan fingerprint density at radius 1 is 1.38 bits per heavy atom. The van der Waals surface area contributed by atoms with E-state index in [1.807, 2.05) is 37.4 Å². The number of likely N-dealkylation sites (N-methyl/N-ethyl adjacent to an activating group) is 1. The standard InChI is InChI=1S/C20H28N2O4/c1-13-10-17(22(3)12-13)18(26-4)14(2)19(23)21-16(20(24)25)11-15-8-6-5-7-9-15/h5-9,14,16-18H,1,10-12H2,2-4H3,(H,21,23)(H,24,25). The summed E-state index contributed by atoms with van der Waals surface area (Å²) in [5.74, 6) is -1.84. The summed E-state index contributed by atoms with van der Waals surface area (Å²) in [7, 11) is 3.57. The van der Waals surface area contributed by atoms with Crippen molar-refractivity contribution in [2.45, 2.75) is 38.0 Å². The highest BCUT2D eigenvalue weighted by molar-refractivity contribution is 5.85. The Labute approximate surface area is 154 Å². The van der Waals surface area contributed by atoms with Crippen molar-refractivity contribution in [1.29, 1.82) is 0 Å². The van der Waals surface area contributed by atoms with Gasteiger partial charge in [-0.2, -0.15) is 0 Å². The molecule has 1 aromatic carbocycles. The second-order valence-corrected chi connectivity index (χ2v) is 7.01. The molecular formula is C20H28N2O4. The number of carbonyl (C=O) groups is 2. The fourth-order valence-electron chi connectivity index (χ4n) is 3.55. The number of rotatable bonds is 8. The first-order valence-electron chi connectivity index (χ1n) is 8.80. The first-order chi connectivity index (χ1) is 12.3. The van der Waals surface area contributed by atoms with E-state index in [-0.39, 0.29) is 24.5 Å². The van der Waals surface area contributed by atoms with Gasteiger partial charge in [-0.1, -0.05) is 49.4 Å². The van der Waals surface area contributed by atoms with E-state index in [1.165, 1.54) is 0 Å². The number of hydrogen-bond donors (Lipinski definition) is 2. The number of carboxylic acids is 1. The van der Waals surface area contributed by atoms with Crippen molar-refractivity contribution in [3.63, 3.8) is 0 Å². The summed E-state index contributed by atoms with van der Waals surface area (Å²) in [4.78, 5) is 26.4. The van der Waals surface area contributed by atoms with E-state index in [9.17, 15) is 14.7 Å². The van der Waals surface area contributed by atoms with Crippen LogP contribution in [0.3, 0.4) is 0 Å². The molecule has 0 saturated carbocycles. The summed E-state index contributed by atoms with van der Waals surface area (Å²) in [5.41, 5.74) is 1.97. The third kappa shape index (κ3) is 4.93. The number of nitrogens with one attached hydrogen (secondary N) is 1. The molecule has 1 aromatic rings. The number of benzene rings is 1. The molecule has 2 rings (SSSR count). The van der Waals surface area contributed by atoms with Gasteiger partial charge in [-0.25, -0.2) is 4.79 Å². The zero-order valence-electron chi connectivity index (χ0n) is 15.6. The minimum atomic E-state index is -1.05. The van der Waals surface area contributed by atoms with Gasteiger partial charge in [0.15, 0.2) is 0 Å². The number of carboxylic acid groups (broad SMARTS) is 1. The van der Waals surface area contributed by atoms with Crippen LogP contribution in [0.1, 0.15) is 18.9 Å². The van der Waals surface area contributed by atoms with Crippen molar-refractivity contribution in [2.24, 2.45) is 5.92 Å². The molecule has 6 heteroatoms. The first kappa shape index (κ1) is 20.1. The maximum atomic E-state index is 12.7. The number of aliphatic carboxylic acids is 1. The van der Waals surface area contributed by atoms with E-state index in [0.29, 0.717) is 0 Å². The van der Waals surface area contributed by atoms with Gasteiger partial charge >= 0.3 is 5.97 Å². The van der Waals surface area contributed by atoms with Gasteiger partial charge in [-0.05, 0) is 19.0 Å². The third-order valence-electron chi connectivity index (χ3n) is 4.99. The van der Waals surface area contributed by atoms with E-state index in [4.69, 9.17) is 4.74 Å². The summed E-state index contributed by atoms with van der Waals surface area (Å²) in [6.07, 6.45) is 0.691. The van der Waals surface area contributed by atoms with E-state index < -0.39 is 17.9 Å². The molecular weight excluding hydrogens is 332 g/mol. The lowest BCUT2D eigenvalue weighted by Crippen LogP contribution is -2.50. The molecule has 2 N–H and O–H groups in total. The van der Waals surface area contributed by atoms with Crippen molar-refractivity contribution >= 4 is 11.9 Å². The zero-order chi connectivity index (χ0) is 19.3. The number of amides is 1. The normalized spacial score (nSPS) is 21.2. The van der Waals surface area contributed by atoms with E-state index >= 15 is 0 Å². The monoisotopic (exact) mass is 360 g/mol. The van der Waals surface area contributed by atoms with Gasteiger partial charge in [0, 0.05) is 26.1 Å². The van der Waals surface area contributed by atoms with E-state index in [0.717, 1.165) is 24.1 Å². The van der Waals surface area contributed by atoms with Crippen LogP contribution in [0.15, 0.2) is 42.5 Å². The molecule has 0 radical (unpaired) electrons.